The van der Waals surface area contributed by atoms with Crippen LogP contribution in [-0.4, -0.2) is 28.9 Å². The molecule has 6 nitrogen and oxygen atoms in total. The maximum Gasteiger partial charge on any atom is 0.300 e. The highest BCUT2D eigenvalue weighted by Crippen LogP contribution is 2.44. The molecule has 1 unspecified atom stereocenters. The van der Waals surface area contributed by atoms with Crippen LogP contribution in [0.15, 0.2) is 66.5 Å². The lowest BCUT2D eigenvalue weighted by Gasteiger charge is -2.27. The summed E-state index contributed by atoms with van der Waals surface area (Å²) in [5.41, 5.74) is 4.26. The van der Waals surface area contributed by atoms with Gasteiger partial charge in [-0.25, -0.2) is 0 Å². The molecule has 4 rings (SSSR count). The number of benzene rings is 2. The summed E-state index contributed by atoms with van der Waals surface area (Å²) in [6, 6.07) is 13.8. The molecule has 1 N–H and O–H groups in total. The first-order valence-electron chi connectivity index (χ1n) is 11.5. The Morgan fingerprint density at radius 1 is 1.00 bits per heavy atom. The molecule has 0 bridgehead atoms. The van der Waals surface area contributed by atoms with Crippen molar-refractivity contribution in [2.24, 2.45) is 0 Å². The highest BCUT2D eigenvalue weighted by atomic mass is 16.5. The van der Waals surface area contributed by atoms with Crippen molar-refractivity contribution in [3.63, 3.8) is 0 Å². The Morgan fingerprint density at radius 2 is 1.69 bits per heavy atom. The number of ether oxygens (including phenoxy) is 1. The number of aliphatic hydroxyl groups is 1. The number of methoxy groups -OCH3 is 1. The molecule has 3 aromatic rings. The first kappa shape index (κ1) is 24.2. The van der Waals surface area contributed by atoms with Gasteiger partial charge in [-0.05, 0) is 72.4 Å². The maximum absolute atomic E-state index is 13.4. The van der Waals surface area contributed by atoms with Gasteiger partial charge >= 0.3 is 0 Å². The number of carbonyl (C=O) groups is 2. The van der Waals surface area contributed by atoms with Gasteiger partial charge in [0, 0.05) is 29.2 Å². The summed E-state index contributed by atoms with van der Waals surface area (Å²) in [7, 11) is 1.60. The molecule has 2 aromatic carbocycles. The molecule has 0 radical (unpaired) electrons. The lowest BCUT2D eigenvalue weighted by atomic mass is 9.84. The van der Waals surface area contributed by atoms with Crippen molar-refractivity contribution in [1.29, 1.82) is 0 Å². The number of rotatable bonds is 4. The molecule has 1 amide bonds. The Labute approximate surface area is 205 Å². The van der Waals surface area contributed by atoms with Crippen LogP contribution >= 0.6 is 0 Å². The van der Waals surface area contributed by atoms with Crippen molar-refractivity contribution in [1.82, 2.24) is 4.98 Å². The number of anilines is 1. The van der Waals surface area contributed by atoms with E-state index in [4.69, 9.17) is 4.74 Å². The Morgan fingerprint density at radius 3 is 2.31 bits per heavy atom. The largest absolute Gasteiger partial charge is 0.507 e. The summed E-state index contributed by atoms with van der Waals surface area (Å²) in [5, 5.41) is 11.5. The second-order valence-corrected chi connectivity index (χ2v) is 9.90. The fourth-order valence-corrected chi connectivity index (χ4v) is 4.52. The monoisotopic (exact) mass is 470 g/mol. The van der Waals surface area contributed by atoms with Crippen LogP contribution in [-0.2, 0) is 15.0 Å². The molecule has 1 aliphatic heterocycles. The summed E-state index contributed by atoms with van der Waals surface area (Å²) < 4.78 is 5.53. The van der Waals surface area contributed by atoms with E-state index in [0.717, 1.165) is 16.7 Å². The molecule has 1 fully saturated rings. The number of hydrogen-bond acceptors (Lipinski definition) is 5. The van der Waals surface area contributed by atoms with Gasteiger partial charge in [0.2, 0.25) is 0 Å². The molecule has 0 aliphatic carbocycles. The Hall–Kier alpha value is -3.93. The van der Waals surface area contributed by atoms with Gasteiger partial charge in [0.05, 0.1) is 18.7 Å². The number of amides is 1. The average Bonchev–Trinajstić information content (AvgIpc) is 3.10. The minimum Gasteiger partial charge on any atom is -0.507 e. The zero-order chi connectivity index (χ0) is 25.5. The first-order valence-corrected chi connectivity index (χ1v) is 11.5. The highest BCUT2D eigenvalue weighted by Gasteiger charge is 2.47. The maximum atomic E-state index is 13.4. The van der Waals surface area contributed by atoms with E-state index in [1.54, 1.807) is 43.8 Å². The van der Waals surface area contributed by atoms with Gasteiger partial charge in [-0.2, -0.15) is 0 Å². The molecule has 1 atom stereocenters. The number of nitrogens with zero attached hydrogens (tertiary/aromatic N) is 2. The van der Waals surface area contributed by atoms with E-state index in [1.165, 1.54) is 4.90 Å². The molecule has 0 spiro atoms. The van der Waals surface area contributed by atoms with Gasteiger partial charge in [-0.15, -0.1) is 0 Å². The van der Waals surface area contributed by atoms with E-state index in [0.29, 0.717) is 22.6 Å². The van der Waals surface area contributed by atoms with Crippen molar-refractivity contribution in [3.05, 3.63) is 94.3 Å². The number of aryl methyl sites for hydroxylation is 2. The molecule has 2 heterocycles. The lowest BCUT2D eigenvalue weighted by molar-refractivity contribution is -0.132. The normalized spacial score (nSPS) is 17.7. The minimum atomic E-state index is -0.793. The molecular formula is C29H30N2O4. The van der Waals surface area contributed by atoms with E-state index in [1.807, 2.05) is 58.9 Å². The van der Waals surface area contributed by atoms with E-state index >= 15 is 0 Å². The van der Waals surface area contributed by atoms with E-state index in [-0.39, 0.29) is 16.7 Å². The molecule has 6 heteroatoms. The number of aromatic nitrogens is 1. The Kier molecular flexibility index (Phi) is 6.24. The summed E-state index contributed by atoms with van der Waals surface area (Å²) in [4.78, 5) is 32.4. The van der Waals surface area contributed by atoms with Crippen LogP contribution in [0.2, 0.25) is 0 Å². The molecule has 180 valence electrons. The SMILES string of the molecule is COc1ccc(/C(O)=C2/C(=O)C(=O)N(c3cc(C)ccc3C)C2c2ccncc2)cc1C(C)(C)C. The Balaban J connectivity index is 1.98. The van der Waals surface area contributed by atoms with Gasteiger partial charge < -0.3 is 9.84 Å². The third-order valence-corrected chi connectivity index (χ3v) is 6.37. The van der Waals surface area contributed by atoms with Crippen molar-refractivity contribution < 1.29 is 19.4 Å². The molecular weight excluding hydrogens is 440 g/mol. The summed E-state index contributed by atoms with van der Waals surface area (Å²) in [5.74, 6) is -0.924. The van der Waals surface area contributed by atoms with Crippen molar-refractivity contribution in [2.75, 3.05) is 12.0 Å². The van der Waals surface area contributed by atoms with Crippen LogP contribution in [0.5, 0.6) is 5.75 Å². The summed E-state index contributed by atoms with van der Waals surface area (Å²) >= 11 is 0. The van der Waals surface area contributed by atoms with Crippen molar-refractivity contribution in [2.45, 2.75) is 46.1 Å². The van der Waals surface area contributed by atoms with Crippen LogP contribution in [0.3, 0.4) is 0 Å². The van der Waals surface area contributed by atoms with E-state index in [2.05, 4.69) is 4.98 Å². The van der Waals surface area contributed by atoms with Crippen molar-refractivity contribution in [3.8, 4) is 5.75 Å². The zero-order valence-corrected chi connectivity index (χ0v) is 20.9. The number of hydrogen-bond donors (Lipinski definition) is 1. The van der Waals surface area contributed by atoms with Gasteiger partial charge in [0.15, 0.2) is 0 Å². The smallest absolute Gasteiger partial charge is 0.300 e. The predicted molar refractivity (Wildman–Crippen MR) is 137 cm³/mol. The minimum absolute atomic E-state index is 0.0483. The van der Waals surface area contributed by atoms with Gasteiger partial charge in [0.1, 0.15) is 11.5 Å². The number of aliphatic hydroxyl groups excluding tert-OH is 1. The number of ketones is 1. The summed E-state index contributed by atoms with van der Waals surface area (Å²) in [6.45, 7) is 9.98. The third kappa shape index (κ3) is 4.32. The number of carbonyl (C=O) groups excluding carboxylic acids is 2. The Bertz CT molecular complexity index is 1340. The van der Waals surface area contributed by atoms with Crippen molar-refractivity contribution >= 4 is 23.1 Å². The number of Topliss-reactive ketones (excluding diaryl/α,β-unsaturated/α-hetero) is 1. The fraction of sp³-hybridized carbons (Fsp3) is 0.276. The molecule has 0 saturated carbocycles. The van der Waals surface area contributed by atoms with Gasteiger partial charge in [0.25, 0.3) is 11.7 Å². The molecule has 1 aromatic heterocycles. The zero-order valence-electron chi connectivity index (χ0n) is 20.9. The second-order valence-electron chi connectivity index (χ2n) is 9.90. The quantitative estimate of drug-likeness (QED) is 0.304. The molecule has 1 aliphatic rings. The lowest BCUT2D eigenvalue weighted by Crippen LogP contribution is -2.30. The molecule has 1 saturated heterocycles. The van der Waals surface area contributed by atoms with Gasteiger partial charge in [-0.1, -0.05) is 32.9 Å². The van der Waals surface area contributed by atoms with E-state index in [9.17, 15) is 14.7 Å². The predicted octanol–water partition coefficient (Wildman–Crippen LogP) is 5.63. The highest BCUT2D eigenvalue weighted by molar-refractivity contribution is 6.51. The molecule has 35 heavy (non-hydrogen) atoms. The van der Waals surface area contributed by atoms with E-state index < -0.39 is 17.7 Å². The average molecular weight is 471 g/mol. The second kappa shape index (κ2) is 9.02. The van der Waals surface area contributed by atoms with Crippen LogP contribution in [0.1, 0.15) is 54.6 Å². The third-order valence-electron chi connectivity index (χ3n) is 6.37. The van der Waals surface area contributed by atoms with Crippen LogP contribution in [0.4, 0.5) is 5.69 Å². The first-order chi connectivity index (χ1) is 16.5. The van der Waals surface area contributed by atoms with Gasteiger partial charge in [-0.3, -0.25) is 19.5 Å². The number of pyridine rings is 1. The fourth-order valence-electron chi connectivity index (χ4n) is 4.52. The van der Waals surface area contributed by atoms with Crippen LogP contribution in [0, 0.1) is 13.8 Å². The van der Waals surface area contributed by atoms with Crippen LogP contribution in [0.25, 0.3) is 5.76 Å². The standard InChI is InChI=1S/C29H30N2O4/c1-17-7-8-18(2)22(15-17)31-25(19-11-13-30-14-12-19)24(27(33)28(31)34)26(32)20-9-10-23(35-6)21(16-20)29(3,4)5/h7-16,25,32H,1-6H3/b26-24-. The topological polar surface area (TPSA) is 79.7 Å². The van der Waals surface area contributed by atoms with Crippen LogP contribution < -0.4 is 9.64 Å². The summed E-state index contributed by atoms with van der Waals surface area (Å²) in [6.07, 6.45) is 3.23.